The summed E-state index contributed by atoms with van der Waals surface area (Å²) in [4.78, 5) is 6.35. The fourth-order valence-electron chi connectivity index (χ4n) is 3.10. The minimum absolute atomic E-state index is 0.00264. The Kier molecular flexibility index (Phi) is 3.98. The Morgan fingerprint density at radius 1 is 1.12 bits per heavy atom. The monoisotopic (exact) mass is 343 g/mol. The lowest BCUT2D eigenvalue weighted by Crippen LogP contribution is -2.38. The third kappa shape index (κ3) is 2.89. The van der Waals surface area contributed by atoms with E-state index in [0.29, 0.717) is 5.75 Å². The number of anilines is 1. The molecule has 6 heteroatoms. The van der Waals surface area contributed by atoms with Crippen LogP contribution in [0.2, 0.25) is 0 Å². The highest BCUT2D eigenvalue weighted by Gasteiger charge is 2.23. The van der Waals surface area contributed by atoms with Crippen molar-refractivity contribution in [2.24, 2.45) is 0 Å². The third-order valence-electron chi connectivity index (χ3n) is 4.29. The summed E-state index contributed by atoms with van der Waals surface area (Å²) in [5.41, 5.74) is 1.77. The van der Waals surface area contributed by atoms with E-state index in [1.54, 1.807) is 18.2 Å². The Labute approximate surface area is 143 Å². The number of para-hydroxylation sites is 2. The molecule has 123 valence electrons. The molecule has 0 unspecified atom stereocenters. The maximum absolute atomic E-state index is 13.7. The molecule has 3 aromatic rings. The quantitative estimate of drug-likeness (QED) is 0.697. The third-order valence-corrected chi connectivity index (χ3v) is 5.11. The second kappa shape index (κ2) is 6.28. The Morgan fingerprint density at radius 3 is 2.71 bits per heavy atom. The zero-order valence-electron chi connectivity index (χ0n) is 12.9. The topological polar surface area (TPSA) is 45.3 Å². The van der Waals surface area contributed by atoms with Crippen LogP contribution in [0, 0.1) is 5.82 Å². The second-order valence-corrected chi connectivity index (χ2v) is 6.83. The SMILES string of the molecule is [O]c1nc2c(N3CCC(Oc4ccccc4F)CC3)cccc2s1. The van der Waals surface area contributed by atoms with Gasteiger partial charge in [0.05, 0.1) is 10.4 Å². The molecule has 4 rings (SSSR count). The average Bonchev–Trinajstić information content (AvgIpc) is 2.98. The van der Waals surface area contributed by atoms with Gasteiger partial charge < -0.3 is 9.64 Å². The van der Waals surface area contributed by atoms with Gasteiger partial charge in [-0.3, -0.25) is 5.11 Å². The highest BCUT2D eigenvalue weighted by atomic mass is 32.1. The molecule has 24 heavy (non-hydrogen) atoms. The summed E-state index contributed by atoms with van der Waals surface area (Å²) in [7, 11) is 0. The van der Waals surface area contributed by atoms with E-state index in [4.69, 9.17) is 4.74 Å². The summed E-state index contributed by atoms with van der Waals surface area (Å²) in [6, 6.07) is 12.4. The van der Waals surface area contributed by atoms with Crippen LogP contribution < -0.4 is 9.64 Å². The summed E-state index contributed by atoms with van der Waals surface area (Å²) in [5.74, 6) is -0.0105. The van der Waals surface area contributed by atoms with Crippen molar-refractivity contribution < 1.29 is 14.2 Å². The zero-order valence-corrected chi connectivity index (χ0v) is 13.8. The molecule has 2 aromatic carbocycles. The van der Waals surface area contributed by atoms with Crippen LogP contribution in [0.4, 0.5) is 10.1 Å². The molecule has 1 aromatic heterocycles. The van der Waals surface area contributed by atoms with E-state index in [9.17, 15) is 9.50 Å². The fraction of sp³-hybridized carbons (Fsp3) is 0.278. The molecule has 0 bridgehead atoms. The minimum Gasteiger partial charge on any atom is -0.487 e. The lowest BCUT2D eigenvalue weighted by molar-refractivity contribution is 0.164. The molecule has 1 radical (unpaired) electrons. The molecular formula is C18H16FN2O2S. The standard InChI is InChI=1S/C18H16FN2O2S/c19-13-4-1-2-6-15(13)23-12-8-10-21(11-9-12)14-5-3-7-16-17(14)20-18(22)24-16/h1-7,12H,8-11H2. The molecule has 0 amide bonds. The molecule has 1 fully saturated rings. The van der Waals surface area contributed by atoms with Crippen molar-refractivity contribution in [2.75, 3.05) is 18.0 Å². The number of hydrogen-bond acceptors (Lipinski definition) is 4. The number of piperidine rings is 1. The van der Waals surface area contributed by atoms with Crippen LogP contribution >= 0.6 is 11.3 Å². The Bertz CT molecular complexity index is 859. The van der Waals surface area contributed by atoms with Crippen LogP contribution in [0.1, 0.15) is 12.8 Å². The molecular weight excluding hydrogens is 327 g/mol. The van der Waals surface area contributed by atoms with Gasteiger partial charge in [0.15, 0.2) is 11.6 Å². The number of benzene rings is 2. The second-order valence-electron chi connectivity index (χ2n) is 5.84. The Hall–Kier alpha value is -2.34. The smallest absolute Gasteiger partial charge is 0.327 e. The van der Waals surface area contributed by atoms with Crippen molar-refractivity contribution in [1.29, 1.82) is 0 Å². The Morgan fingerprint density at radius 2 is 1.92 bits per heavy atom. The van der Waals surface area contributed by atoms with Crippen LogP contribution in [0.25, 0.3) is 10.2 Å². The summed E-state index contributed by atoms with van der Waals surface area (Å²) < 4.78 is 20.4. The van der Waals surface area contributed by atoms with Crippen molar-refractivity contribution in [2.45, 2.75) is 18.9 Å². The number of halogens is 1. The van der Waals surface area contributed by atoms with Crippen molar-refractivity contribution in [1.82, 2.24) is 4.98 Å². The van der Waals surface area contributed by atoms with Crippen LogP contribution in [0.15, 0.2) is 42.5 Å². The molecule has 0 atom stereocenters. The van der Waals surface area contributed by atoms with Gasteiger partial charge in [-0.05, 0) is 24.3 Å². The average molecular weight is 343 g/mol. The molecule has 1 saturated heterocycles. The first-order valence-corrected chi connectivity index (χ1v) is 8.75. The summed E-state index contributed by atoms with van der Waals surface area (Å²) in [6.07, 6.45) is 1.61. The van der Waals surface area contributed by atoms with Gasteiger partial charge in [0, 0.05) is 25.9 Å². The normalized spacial score (nSPS) is 15.8. The van der Waals surface area contributed by atoms with Crippen LogP contribution in [-0.4, -0.2) is 24.2 Å². The number of hydrogen-bond donors (Lipinski definition) is 0. The lowest BCUT2D eigenvalue weighted by atomic mass is 10.1. The Balaban J connectivity index is 1.47. The van der Waals surface area contributed by atoms with Crippen LogP contribution in [0.3, 0.4) is 0 Å². The number of thiazole rings is 1. The summed E-state index contributed by atoms with van der Waals surface area (Å²) in [5, 5.41) is 11.4. The van der Waals surface area contributed by atoms with E-state index in [2.05, 4.69) is 9.88 Å². The maximum Gasteiger partial charge on any atom is 0.327 e. The predicted octanol–water partition coefficient (Wildman–Crippen LogP) is 4.63. The molecule has 1 aliphatic rings. The zero-order chi connectivity index (χ0) is 16.5. The number of aromatic nitrogens is 1. The van der Waals surface area contributed by atoms with Gasteiger partial charge in [0.25, 0.3) is 0 Å². The molecule has 0 N–H and O–H groups in total. The largest absolute Gasteiger partial charge is 0.487 e. The van der Waals surface area contributed by atoms with Crippen molar-refractivity contribution >= 4 is 27.2 Å². The van der Waals surface area contributed by atoms with E-state index in [1.165, 1.54) is 17.4 Å². The lowest BCUT2D eigenvalue weighted by Gasteiger charge is -2.33. The van der Waals surface area contributed by atoms with E-state index in [0.717, 1.165) is 41.8 Å². The number of fused-ring (bicyclic) bond motifs is 1. The van der Waals surface area contributed by atoms with Gasteiger partial charge in [-0.2, -0.15) is 4.98 Å². The molecule has 0 saturated carbocycles. The van der Waals surface area contributed by atoms with Gasteiger partial charge >= 0.3 is 5.19 Å². The van der Waals surface area contributed by atoms with E-state index in [-0.39, 0.29) is 17.1 Å². The van der Waals surface area contributed by atoms with Crippen molar-refractivity contribution in [3.8, 4) is 10.9 Å². The summed E-state index contributed by atoms with van der Waals surface area (Å²) >= 11 is 1.17. The maximum atomic E-state index is 13.7. The van der Waals surface area contributed by atoms with Gasteiger partial charge in [0.2, 0.25) is 0 Å². The van der Waals surface area contributed by atoms with Crippen LogP contribution in [-0.2, 0) is 5.11 Å². The van der Waals surface area contributed by atoms with E-state index in [1.807, 2.05) is 18.2 Å². The first kappa shape index (κ1) is 15.2. The number of ether oxygens (including phenoxy) is 1. The number of rotatable bonds is 3. The fourth-order valence-corrected chi connectivity index (χ4v) is 3.82. The van der Waals surface area contributed by atoms with E-state index >= 15 is 0 Å². The molecule has 4 nitrogen and oxygen atoms in total. The molecule has 0 aliphatic carbocycles. The molecule has 0 spiro atoms. The minimum atomic E-state index is -0.324. The molecule has 1 aliphatic heterocycles. The van der Waals surface area contributed by atoms with E-state index < -0.39 is 0 Å². The van der Waals surface area contributed by atoms with Gasteiger partial charge in [0.1, 0.15) is 11.6 Å². The number of nitrogens with zero attached hydrogens (tertiary/aromatic N) is 2. The van der Waals surface area contributed by atoms with Gasteiger partial charge in [-0.15, -0.1) is 0 Å². The highest BCUT2D eigenvalue weighted by Crippen LogP contribution is 2.35. The summed E-state index contributed by atoms with van der Waals surface area (Å²) in [6.45, 7) is 1.59. The predicted molar refractivity (Wildman–Crippen MR) is 92.0 cm³/mol. The van der Waals surface area contributed by atoms with Crippen molar-refractivity contribution in [3.05, 3.63) is 48.3 Å². The van der Waals surface area contributed by atoms with Gasteiger partial charge in [-0.25, -0.2) is 4.39 Å². The van der Waals surface area contributed by atoms with Gasteiger partial charge in [-0.1, -0.05) is 29.5 Å². The van der Waals surface area contributed by atoms with Crippen molar-refractivity contribution in [3.63, 3.8) is 0 Å². The van der Waals surface area contributed by atoms with Crippen LogP contribution in [0.5, 0.6) is 10.9 Å². The first-order valence-electron chi connectivity index (χ1n) is 7.93. The highest BCUT2D eigenvalue weighted by molar-refractivity contribution is 7.20. The first-order chi connectivity index (χ1) is 11.7. The molecule has 2 heterocycles.